The van der Waals surface area contributed by atoms with E-state index in [9.17, 15) is 4.79 Å². The quantitative estimate of drug-likeness (QED) is 0.939. The minimum absolute atomic E-state index is 0.475. The van der Waals surface area contributed by atoms with Gasteiger partial charge < -0.3 is 10.5 Å². The van der Waals surface area contributed by atoms with Crippen molar-refractivity contribution < 1.29 is 9.53 Å². The van der Waals surface area contributed by atoms with E-state index < -0.39 is 6.03 Å². The molecule has 0 spiro atoms. The van der Waals surface area contributed by atoms with Gasteiger partial charge in [0.2, 0.25) is 0 Å². The number of thiophene rings is 1. The molecule has 19 heavy (non-hydrogen) atoms. The number of primary amides is 1. The van der Waals surface area contributed by atoms with E-state index in [0.717, 1.165) is 20.7 Å². The Morgan fingerprint density at radius 1 is 1.32 bits per heavy atom. The summed E-state index contributed by atoms with van der Waals surface area (Å²) in [6.45, 7) is 0.475. The molecule has 4 nitrogen and oxygen atoms in total. The van der Waals surface area contributed by atoms with E-state index in [0.29, 0.717) is 6.61 Å². The number of anilines is 1. The normalized spacial score (nSPS) is 10.2. The summed E-state index contributed by atoms with van der Waals surface area (Å²) in [5.41, 5.74) is 5.91. The van der Waals surface area contributed by atoms with Gasteiger partial charge in [-0.3, -0.25) is 4.90 Å². The van der Waals surface area contributed by atoms with Crippen LogP contribution in [-0.2, 0) is 6.61 Å². The van der Waals surface area contributed by atoms with Crippen molar-refractivity contribution in [3.8, 4) is 5.75 Å². The van der Waals surface area contributed by atoms with Gasteiger partial charge in [0.1, 0.15) is 12.4 Å². The van der Waals surface area contributed by atoms with Crippen LogP contribution in [0.1, 0.15) is 4.88 Å². The topological polar surface area (TPSA) is 55.6 Å². The number of carbonyl (C=O) groups is 1. The predicted molar refractivity (Wildman–Crippen MR) is 78.1 cm³/mol. The fourth-order valence-corrected chi connectivity index (χ4v) is 2.48. The largest absolute Gasteiger partial charge is 0.488 e. The fraction of sp³-hybridized carbons (Fsp3) is 0.154. The van der Waals surface area contributed by atoms with E-state index >= 15 is 0 Å². The lowest BCUT2D eigenvalue weighted by atomic mass is 10.3. The van der Waals surface area contributed by atoms with Crippen LogP contribution >= 0.6 is 22.9 Å². The summed E-state index contributed by atoms with van der Waals surface area (Å²) in [4.78, 5) is 13.4. The highest BCUT2D eigenvalue weighted by Crippen LogP contribution is 2.24. The minimum Gasteiger partial charge on any atom is -0.488 e. The molecule has 0 atom stereocenters. The molecule has 0 aliphatic rings. The summed E-state index contributed by atoms with van der Waals surface area (Å²) >= 11 is 7.33. The second kappa shape index (κ2) is 5.95. The van der Waals surface area contributed by atoms with Crippen LogP contribution in [0.3, 0.4) is 0 Å². The molecule has 0 saturated carbocycles. The van der Waals surface area contributed by atoms with Gasteiger partial charge in [0.15, 0.2) is 0 Å². The molecule has 2 aromatic rings. The second-order valence-electron chi connectivity index (χ2n) is 3.89. The second-order valence-corrected chi connectivity index (χ2v) is 5.69. The summed E-state index contributed by atoms with van der Waals surface area (Å²) < 4.78 is 6.36. The van der Waals surface area contributed by atoms with E-state index in [2.05, 4.69) is 0 Å². The SMILES string of the molecule is CN(C(N)=O)c1ccc(OCc2ccc(Cl)s2)cc1. The molecule has 2 N–H and O–H groups in total. The maximum absolute atomic E-state index is 11.0. The Labute approximate surface area is 120 Å². The van der Waals surface area contributed by atoms with Gasteiger partial charge in [-0.1, -0.05) is 11.6 Å². The molecule has 1 heterocycles. The lowest BCUT2D eigenvalue weighted by molar-refractivity contribution is 0.255. The minimum atomic E-state index is -0.498. The molecular formula is C13H13ClN2O2S. The number of hydrogen-bond acceptors (Lipinski definition) is 3. The maximum atomic E-state index is 11.0. The number of carbonyl (C=O) groups excluding carboxylic acids is 1. The van der Waals surface area contributed by atoms with Crippen molar-refractivity contribution in [3.05, 3.63) is 45.6 Å². The van der Waals surface area contributed by atoms with E-state index in [-0.39, 0.29) is 0 Å². The van der Waals surface area contributed by atoms with E-state index in [1.807, 2.05) is 12.1 Å². The van der Waals surface area contributed by atoms with E-state index in [1.165, 1.54) is 16.2 Å². The van der Waals surface area contributed by atoms with Gasteiger partial charge in [0.05, 0.1) is 4.34 Å². The van der Waals surface area contributed by atoms with Crippen LogP contribution in [0.15, 0.2) is 36.4 Å². The number of ether oxygens (including phenoxy) is 1. The highest BCUT2D eigenvalue weighted by atomic mass is 35.5. The molecule has 0 unspecified atom stereocenters. The zero-order valence-corrected chi connectivity index (χ0v) is 11.9. The van der Waals surface area contributed by atoms with Crippen LogP contribution in [0.2, 0.25) is 4.34 Å². The van der Waals surface area contributed by atoms with Gasteiger partial charge in [-0.2, -0.15) is 0 Å². The third kappa shape index (κ3) is 3.62. The molecule has 0 saturated heterocycles. The molecule has 0 fully saturated rings. The molecule has 2 rings (SSSR count). The molecule has 0 aliphatic carbocycles. The van der Waals surface area contributed by atoms with Crippen molar-refractivity contribution in [1.82, 2.24) is 0 Å². The van der Waals surface area contributed by atoms with Gasteiger partial charge in [-0.05, 0) is 36.4 Å². The molecule has 0 aliphatic heterocycles. The van der Waals surface area contributed by atoms with E-state index in [1.54, 1.807) is 31.3 Å². The summed E-state index contributed by atoms with van der Waals surface area (Å²) in [5, 5.41) is 0. The van der Waals surface area contributed by atoms with Crippen molar-refractivity contribution in [1.29, 1.82) is 0 Å². The number of urea groups is 1. The van der Waals surface area contributed by atoms with Crippen molar-refractivity contribution in [2.75, 3.05) is 11.9 Å². The van der Waals surface area contributed by atoms with Crippen molar-refractivity contribution in [2.24, 2.45) is 5.73 Å². The van der Waals surface area contributed by atoms with Crippen LogP contribution < -0.4 is 15.4 Å². The molecule has 1 aromatic carbocycles. The highest BCUT2D eigenvalue weighted by Gasteiger charge is 2.06. The lowest BCUT2D eigenvalue weighted by Crippen LogP contribution is -2.31. The molecule has 2 amide bonds. The summed E-state index contributed by atoms with van der Waals surface area (Å²) in [5.74, 6) is 0.728. The predicted octanol–water partition coefficient (Wildman–Crippen LogP) is 3.50. The molecule has 1 aromatic heterocycles. The smallest absolute Gasteiger partial charge is 0.318 e. The molecular weight excluding hydrogens is 284 g/mol. The summed E-state index contributed by atoms with van der Waals surface area (Å²) in [6.07, 6.45) is 0. The average Bonchev–Trinajstić information content (AvgIpc) is 2.82. The lowest BCUT2D eigenvalue weighted by Gasteiger charge is -2.14. The van der Waals surface area contributed by atoms with Crippen LogP contribution in [0, 0.1) is 0 Å². The highest BCUT2D eigenvalue weighted by molar-refractivity contribution is 7.16. The Hall–Kier alpha value is -1.72. The number of nitrogens with zero attached hydrogens (tertiary/aromatic N) is 1. The fourth-order valence-electron chi connectivity index (χ4n) is 1.48. The standard InChI is InChI=1S/C13H13ClN2O2S/c1-16(13(15)17)9-2-4-10(5-3-9)18-8-11-6-7-12(14)19-11/h2-7H,8H2,1H3,(H2,15,17). The number of hydrogen-bond donors (Lipinski definition) is 1. The van der Waals surface area contributed by atoms with Crippen molar-refractivity contribution >= 4 is 34.7 Å². The Kier molecular flexibility index (Phi) is 4.29. The monoisotopic (exact) mass is 296 g/mol. The number of nitrogens with two attached hydrogens (primary N) is 1. The van der Waals surface area contributed by atoms with E-state index in [4.69, 9.17) is 22.1 Å². The Bertz CT molecular complexity index is 568. The Morgan fingerprint density at radius 3 is 2.53 bits per heavy atom. The third-order valence-electron chi connectivity index (χ3n) is 2.56. The van der Waals surface area contributed by atoms with Crippen molar-refractivity contribution in [2.45, 2.75) is 6.61 Å². The summed E-state index contributed by atoms with van der Waals surface area (Å²) in [7, 11) is 1.62. The maximum Gasteiger partial charge on any atom is 0.318 e. The Balaban J connectivity index is 1.97. The first-order chi connectivity index (χ1) is 9.06. The van der Waals surface area contributed by atoms with Gasteiger partial charge in [0.25, 0.3) is 0 Å². The first kappa shape index (κ1) is 13.7. The van der Waals surface area contributed by atoms with Crippen LogP contribution in [0.25, 0.3) is 0 Å². The molecule has 0 bridgehead atoms. The molecule has 6 heteroatoms. The first-order valence-corrected chi connectivity index (χ1v) is 6.76. The molecule has 0 radical (unpaired) electrons. The number of benzene rings is 1. The van der Waals surface area contributed by atoms with Gasteiger partial charge in [0, 0.05) is 17.6 Å². The third-order valence-corrected chi connectivity index (χ3v) is 3.77. The number of halogens is 1. The zero-order valence-electron chi connectivity index (χ0n) is 10.3. The average molecular weight is 297 g/mol. The number of rotatable bonds is 4. The number of amides is 2. The van der Waals surface area contributed by atoms with Crippen molar-refractivity contribution in [3.63, 3.8) is 0 Å². The van der Waals surface area contributed by atoms with Gasteiger partial charge in [-0.25, -0.2) is 4.79 Å². The van der Waals surface area contributed by atoms with Gasteiger partial charge >= 0.3 is 6.03 Å². The van der Waals surface area contributed by atoms with Crippen LogP contribution in [-0.4, -0.2) is 13.1 Å². The van der Waals surface area contributed by atoms with Gasteiger partial charge in [-0.15, -0.1) is 11.3 Å². The van der Waals surface area contributed by atoms with Crippen LogP contribution in [0.5, 0.6) is 5.75 Å². The molecule has 100 valence electrons. The first-order valence-electron chi connectivity index (χ1n) is 5.56. The Morgan fingerprint density at radius 2 is 2.00 bits per heavy atom. The van der Waals surface area contributed by atoms with Crippen LogP contribution in [0.4, 0.5) is 10.5 Å². The summed E-state index contributed by atoms with van der Waals surface area (Å²) in [6, 6.07) is 10.4. The zero-order chi connectivity index (χ0) is 13.8.